The van der Waals surface area contributed by atoms with E-state index in [1.54, 1.807) is 0 Å². The van der Waals surface area contributed by atoms with Gasteiger partial charge >= 0.3 is 5.97 Å². The maximum atomic E-state index is 12.7. The van der Waals surface area contributed by atoms with Crippen molar-refractivity contribution < 1.29 is 14.3 Å². The molecule has 2 aliphatic heterocycles. The van der Waals surface area contributed by atoms with Crippen LogP contribution in [0.1, 0.15) is 275 Å². The smallest absolute Gasteiger partial charge is 0.306 e. The molecule has 0 unspecified atom stereocenters. The second kappa shape index (κ2) is 47.5. The number of carbonyl (C=O) groups excluding carboxylic acids is 2. The van der Waals surface area contributed by atoms with Crippen molar-refractivity contribution in [1.82, 2.24) is 29.9 Å². The van der Waals surface area contributed by atoms with Gasteiger partial charge in [-0.3, -0.25) is 14.5 Å². The van der Waals surface area contributed by atoms with Gasteiger partial charge in [0.1, 0.15) is 11.6 Å². The van der Waals surface area contributed by atoms with Crippen LogP contribution < -0.4 is 42.5 Å². The summed E-state index contributed by atoms with van der Waals surface area (Å²) < 4.78 is 9.99. The third kappa shape index (κ3) is 28.3. The van der Waals surface area contributed by atoms with Crippen molar-refractivity contribution in [2.75, 3.05) is 50.0 Å². The number of benzene rings is 5. The van der Waals surface area contributed by atoms with Crippen LogP contribution in [0, 0.1) is 27.7 Å². The van der Waals surface area contributed by atoms with Crippen molar-refractivity contribution in [2.24, 2.45) is 5.73 Å². The number of rotatable bonds is 23. The zero-order valence-corrected chi connectivity index (χ0v) is 73.7. The number of nitrogens with zero attached hydrogens (tertiary/aromatic N) is 8. The van der Waals surface area contributed by atoms with E-state index in [4.69, 9.17) is 31.2 Å². The molecule has 1 amide bonds. The first-order valence-electron chi connectivity index (χ1n) is 37.3. The van der Waals surface area contributed by atoms with E-state index < -0.39 is 0 Å². The van der Waals surface area contributed by atoms with Gasteiger partial charge in [0, 0.05) is 93.4 Å². The van der Waals surface area contributed by atoms with Gasteiger partial charge in [-0.1, -0.05) is 164 Å². The third-order valence-corrected chi connectivity index (χ3v) is 22.2. The summed E-state index contributed by atoms with van der Waals surface area (Å²) in [5.74, 6) is 6.61. The lowest BCUT2D eigenvalue weighted by Crippen LogP contribution is -2.43. The third-order valence-electron chi connectivity index (χ3n) is 18.9. The average molecular weight is 1830 g/mol. The molecular formula is C88H129Br5N14O3. The molecular weight excluding hydrogens is 1700 g/mol. The number of esters is 1. The van der Waals surface area contributed by atoms with E-state index in [0.717, 1.165) is 135 Å². The second-order valence-electron chi connectivity index (χ2n) is 28.4. The molecule has 5 aromatic carbocycles. The number of ether oxygens (including phenoxy) is 1. The Labute approximate surface area is 703 Å². The minimum atomic E-state index is -0.192. The van der Waals surface area contributed by atoms with Gasteiger partial charge in [-0.2, -0.15) is 9.97 Å². The van der Waals surface area contributed by atoms with E-state index in [-0.39, 0.29) is 47.6 Å². The molecule has 0 fully saturated rings. The van der Waals surface area contributed by atoms with E-state index in [2.05, 4.69) is 298 Å². The first-order chi connectivity index (χ1) is 50.2. The number of aromatic nitrogens is 6. The van der Waals surface area contributed by atoms with Crippen LogP contribution in [0.25, 0.3) is 0 Å². The lowest BCUT2D eigenvalue weighted by atomic mass is 10.00. The van der Waals surface area contributed by atoms with Gasteiger partial charge in [-0.15, -0.1) is 0 Å². The van der Waals surface area contributed by atoms with Crippen LogP contribution >= 0.6 is 79.6 Å². The molecule has 8 aromatic rings. The molecule has 0 bridgehead atoms. The summed E-state index contributed by atoms with van der Waals surface area (Å²) in [5, 5.41) is 13.0. The van der Waals surface area contributed by atoms with Crippen molar-refractivity contribution >= 4 is 149 Å². The quantitative estimate of drug-likeness (QED) is 0.0258. The SMILES string of the molecule is C.C.C.C.C=C(N)Nc1ccc(C(C)C)cc1Br.CC(C)c1ccc(N)c(Br)c1.CCC(CC)N1C(=O)CCc2c(C)nc(Nc3ccc(C(C)C)cc3Br)nc21.CCC(CC)N1CCCc2c(C)nc(Nc3ccc(C(C)C)cc3Br)nc21.CCOC(=O)CCc1c(C)nc(Nc2ccc(C(C)C)cc2Br)nc1C. The predicted molar refractivity (Wildman–Crippen MR) is 490 cm³/mol. The van der Waals surface area contributed by atoms with Crippen LogP contribution in [0.4, 0.5) is 57.9 Å². The number of nitrogen functional groups attached to an aromatic ring is 1. The van der Waals surface area contributed by atoms with E-state index in [9.17, 15) is 9.59 Å². The standard InChI is InChI=1S/C22H29BrN4O.C22H31BrN4.C20H26BrN3O2.C11H15BrN2.C9H12BrN.4CH4/c1-6-16(7-2)27-20(28)11-9-17-14(5)24-22(26-21(17)27)25-19-10-8-15(13(3)4)12-18(19)23;1-6-17(7-2)27-12-8-9-18-15(5)24-22(26-21(18)27)25-20-11-10-16(14(3)4)13-19(20)23;1-6-26-19(25)10-8-16-13(4)22-20(23-14(16)5)24-18-9-7-15(12(2)3)11-17(18)21;1-7(2)9-4-5-11(10(12)6-9)14-8(3)13;1-6(2)7-3-4-9(11)8(10)5-7;;;;/h8,10,12-13,16H,6-7,9,11H2,1-5H3,(H,24,25,26);10-11,13-14,17H,6-9,12H2,1-5H3,(H,24,25,26);7,9,11-12H,6,8,10H2,1-5H3,(H,22,23,24);4-7,14H,3,13H2,1-2H3;3-6H,11H2,1-2H3;4*1H4. The van der Waals surface area contributed by atoms with Crippen molar-refractivity contribution in [2.45, 2.75) is 267 Å². The minimum absolute atomic E-state index is 0. The molecule has 604 valence electrons. The summed E-state index contributed by atoms with van der Waals surface area (Å²) >= 11 is 17.8. The lowest BCUT2D eigenvalue weighted by Gasteiger charge is -2.36. The van der Waals surface area contributed by atoms with Crippen LogP contribution in [-0.4, -0.2) is 67.0 Å². The number of hydrogen-bond donors (Lipinski definition) is 6. The number of fused-ring (bicyclic) bond motifs is 2. The van der Waals surface area contributed by atoms with Crippen molar-refractivity contribution in [3.05, 3.63) is 193 Å². The topological polar surface area (TPSA) is 227 Å². The maximum absolute atomic E-state index is 12.7. The van der Waals surface area contributed by atoms with Gasteiger partial charge in [-0.05, 0) is 289 Å². The van der Waals surface area contributed by atoms with Crippen LogP contribution in [0.2, 0.25) is 0 Å². The molecule has 0 aliphatic carbocycles. The first-order valence-corrected chi connectivity index (χ1v) is 41.3. The Morgan fingerprint density at radius 1 is 0.491 bits per heavy atom. The number of anilines is 10. The summed E-state index contributed by atoms with van der Waals surface area (Å²) in [6, 6.07) is 31.9. The highest BCUT2D eigenvalue weighted by molar-refractivity contribution is 9.11. The number of carbonyl (C=O) groups is 2. The summed E-state index contributed by atoms with van der Waals surface area (Å²) in [6.07, 6.45) is 8.54. The molecule has 22 heteroatoms. The first kappa shape index (κ1) is 99.1. The number of halogens is 5. The van der Waals surface area contributed by atoms with Crippen LogP contribution in [0.15, 0.2) is 126 Å². The highest BCUT2D eigenvalue weighted by Gasteiger charge is 2.33. The molecule has 0 atom stereocenters. The van der Waals surface area contributed by atoms with Crippen molar-refractivity contribution in [1.29, 1.82) is 0 Å². The molecule has 5 heterocycles. The van der Waals surface area contributed by atoms with E-state index in [1.807, 2.05) is 56.9 Å². The fourth-order valence-electron chi connectivity index (χ4n) is 12.4. The zero-order valence-electron chi connectivity index (χ0n) is 65.7. The Morgan fingerprint density at radius 2 is 0.845 bits per heavy atom. The van der Waals surface area contributed by atoms with Gasteiger partial charge in [0.15, 0.2) is 0 Å². The van der Waals surface area contributed by atoms with Gasteiger partial charge in [0.25, 0.3) is 0 Å². The van der Waals surface area contributed by atoms with Gasteiger partial charge < -0.3 is 42.4 Å². The Kier molecular flexibility index (Phi) is 42.8. The molecule has 0 radical (unpaired) electrons. The normalized spacial score (nSPS) is 11.9. The van der Waals surface area contributed by atoms with Crippen LogP contribution in [0.3, 0.4) is 0 Å². The van der Waals surface area contributed by atoms with E-state index in [0.29, 0.717) is 91.6 Å². The van der Waals surface area contributed by atoms with Crippen LogP contribution in [-0.2, 0) is 33.6 Å². The van der Waals surface area contributed by atoms with Crippen LogP contribution in [0.5, 0.6) is 0 Å². The molecule has 110 heavy (non-hydrogen) atoms. The second-order valence-corrected chi connectivity index (χ2v) is 32.7. The number of aryl methyl sites for hydroxylation is 4. The van der Waals surface area contributed by atoms with Gasteiger partial charge in [-0.25, -0.2) is 19.9 Å². The fraction of sp³-hybridized carbons (Fsp3) is 0.477. The Morgan fingerprint density at radius 3 is 1.21 bits per heavy atom. The molecule has 8 N–H and O–H groups in total. The highest BCUT2D eigenvalue weighted by Crippen LogP contribution is 2.38. The van der Waals surface area contributed by atoms with Crippen molar-refractivity contribution in [3.8, 4) is 0 Å². The number of nitrogens with two attached hydrogens (primary N) is 2. The molecule has 0 saturated heterocycles. The largest absolute Gasteiger partial charge is 0.466 e. The van der Waals surface area contributed by atoms with E-state index in [1.165, 1.54) is 39.8 Å². The van der Waals surface area contributed by atoms with Gasteiger partial charge in [0.2, 0.25) is 23.8 Å². The minimum Gasteiger partial charge on any atom is -0.466 e. The predicted octanol–water partition coefficient (Wildman–Crippen LogP) is 26.6. The molecule has 10 rings (SSSR count). The molecule has 17 nitrogen and oxygen atoms in total. The molecule has 3 aromatic heterocycles. The van der Waals surface area contributed by atoms with Gasteiger partial charge in [0.05, 0.1) is 35.2 Å². The molecule has 0 saturated carbocycles. The zero-order chi connectivity index (χ0) is 78.4. The Hall–Kier alpha value is -6.98. The molecule has 0 spiro atoms. The molecule has 2 aliphatic rings. The summed E-state index contributed by atoms with van der Waals surface area (Å²) in [5.41, 5.74) is 29.3. The van der Waals surface area contributed by atoms with Crippen molar-refractivity contribution in [3.63, 3.8) is 0 Å². The summed E-state index contributed by atoms with van der Waals surface area (Å²) in [7, 11) is 0. The number of amides is 1. The summed E-state index contributed by atoms with van der Waals surface area (Å²) in [4.78, 5) is 56.9. The Bertz CT molecular complexity index is 4250. The van der Waals surface area contributed by atoms with E-state index >= 15 is 0 Å². The fourth-order valence-corrected chi connectivity index (χ4v) is 14.8. The summed E-state index contributed by atoms with van der Waals surface area (Å²) in [6.45, 7) is 45.4. The number of nitrogens with one attached hydrogen (secondary N) is 4. The monoisotopic (exact) mass is 1820 g/mol. The maximum Gasteiger partial charge on any atom is 0.306 e. The lowest BCUT2D eigenvalue weighted by molar-refractivity contribution is -0.143. The Balaban J connectivity index is 0.000000479. The average Bonchev–Trinajstić information content (AvgIpc) is 0.779. The highest BCUT2D eigenvalue weighted by atomic mass is 79.9. The number of hydrogen-bond acceptors (Lipinski definition) is 16.